The summed E-state index contributed by atoms with van der Waals surface area (Å²) < 4.78 is 43.6. The molecule has 36 heavy (non-hydrogen) atoms. The van der Waals surface area contributed by atoms with Crippen molar-refractivity contribution in [1.82, 2.24) is 0 Å². The largest absolute Gasteiger partial charge is 0.458 e. The molecule has 4 aliphatic rings. The first-order valence-corrected chi connectivity index (χ1v) is 12.5. The van der Waals surface area contributed by atoms with Gasteiger partial charge in [-0.15, -0.1) is 0 Å². The summed E-state index contributed by atoms with van der Waals surface area (Å²) in [5.74, 6) is -4.59. The van der Waals surface area contributed by atoms with Crippen LogP contribution in [0, 0.1) is 28.6 Å². The van der Waals surface area contributed by atoms with Gasteiger partial charge in [0.1, 0.15) is 6.17 Å². The number of aliphatic hydroxyl groups is 1. The minimum absolute atomic E-state index is 0.0119. The van der Waals surface area contributed by atoms with Crippen molar-refractivity contribution >= 4 is 23.5 Å². The van der Waals surface area contributed by atoms with Crippen LogP contribution in [0.5, 0.6) is 0 Å². The zero-order valence-electron chi connectivity index (χ0n) is 21.3. The maximum atomic E-state index is 17.3. The summed E-state index contributed by atoms with van der Waals surface area (Å²) in [5.41, 5.74) is -6.85. The summed E-state index contributed by atoms with van der Waals surface area (Å²) in [5, 5.41) is 11.4. The molecule has 0 spiro atoms. The van der Waals surface area contributed by atoms with Gasteiger partial charge in [0.2, 0.25) is 5.78 Å². The molecule has 0 bridgehead atoms. The van der Waals surface area contributed by atoms with Crippen molar-refractivity contribution in [2.24, 2.45) is 28.6 Å². The second-order valence-electron chi connectivity index (χ2n) is 11.5. The summed E-state index contributed by atoms with van der Waals surface area (Å²) in [6.07, 6.45) is 0.199. The zero-order valence-corrected chi connectivity index (χ0v) is 21.3. The Kier molecular flexibility index (Phi) is 6.34. The lowest BCUT2D eigenvalue weighted by Crippen LogP contribution is -2.70. The quantitative estimate of drug-likeness (QED) is 0.568. The lowest BCUT2D eigenvalue weighted by atomic mass is 9.44. The van der Waals surface area contributed by atoms with E-state index in [1.807, 2.05) is 0 Å². The summed E-state index contributed by atoms with van der Waals surface area (Å²) in [6, 6.07) is 0. The van der Waals surface area contributed by atoms with Crippen LogP contribution in [0.25, 0.3) is 0 Å². The standard InChI is InChI=1S/C27H34F2O7/c1-14(2)23(34)36-26(22(33)13-35-15(3)30)9-7-17-18-11-20(28)19-10-16(31)6-8-24(19,4)27(18,29)21(32)12-25(17,26)5/h6,8,10,14,17-18,20-21,32H,7,9,11-13H2,1-5H3/t17?,18?,20-,21?,24?,25?,26-,27-/m0/s1. The Bertz CT molecular complexity index is 1070. The highest BCUT2D eigenvalue weighted by molar-refractivity contribution is 6.01. The Hall–Kier alpha value is -2.42. The van der Waals surface area contributed by atoms with Crippen molar-refractivity contribution in [2.75, 3.05) is 6.61 Å². The van der Waals surface area contributed by atoms with Crippen LogP contribution in [-0.2, 0) is 28.7 Å². The molecule has 4 rings (SSSR count). The molecule has 5 unspecified atom stereocenters. The third kappa shape index (κ3) is 3.45. The number of carbonyl (C=O) groups is 4. The van der Waals surface area contributed by atoms with Crippen LogP contribution in [0.2, 0.25) is 0 Å². The van der Waals surface area contributed by atoms with Gasteiger partial charge in [-0.25, -0.2) is 8.78 Å². The minimum atomic E-state index is -2.31. The van der Waals surface area contributed by atoms with Crippen molar-refractivity contribution < 1.29 is 42.5 Å². The summed E-state index contributed by atoms with van der Waals surface area (Å²) in [6.45, 7) is 6.92. The Morgan fingerprint density at radius 1 is 1.22 bits per heavy atom. The van der Waals surface area contributed by atoms with Gasteiger partial charge in [0.25, 0.3) is 0 Å². The number of rotatable bonds is 5. The van der Waals surface area contributed by atoms with E-state index in [0.717, 1.165) is 13.0 Å². The molecular weight excluding hydrogens is 474 g/mol. The molecule has 0 aromatic rings. The molecule has 3 saturated carbocycles. The summed E-state index contributed by atoms with van der Waals surface area (Å²) in [7, 11) is 0. The first-order chi connectivity index (χ1) is 16.6. The van der Waals surface area contributed by atoms with E-state index in [4.69, 9.17) is 9.47 Å². The van der Waals surface area contributed by atoms with Gasteiger partial charge in [-0.1, -0.05) is 26.8 Å². The average molecular weight is 509 g/mol. The predicted molar refractivity (Wildman–Crippen MR) is 124 cm³/mol. The van der Waals surface area contributed by atoms with Gasteiger partial charge in [-0.3, -0.25) is 19.2 Å². The summed E-state index contributed by atoms with van der Waals surface area (Å²) in [4.78, 5) is 49.7. The van der Waals surface area contributed by atoms with E-state index in [1.54, 1.807) is 20.8 Å². The fourth-order valence-corrected chi connectivity index (χ4v) is 7.45. The van der Waals surface area contributed by atoms with Crippen LogP contribution in [-0.4, -0.2) is 58.8 Å². The molecule has 9 heteroatoms. The third-order valence-electron chi connectivity index (χ3n) is 9.35. The van der Waals surface area contributed by atoms with Gasteiger partial charge in [0, 0.05) is 23.7 Å². The lowest BCUT2D eigenvalue weighted by Gasteiger charge is -2.63. The zero-order chi connectivity index (χ0) is 26.8. The van der Waals surface area contributed by atoms with E-state index < -0.39 is 82.2 Å². The monoisotopic (exact) mass is 508 g/mol. The van der Waals surface area contributed by atoms with E-state index in [2.05, 4.69) is 0 Å². The molecule has 0 amide bonds. The van der Waals surface area contributed by atoms with E-state index in [9.17, 15) is 24.3 Å². The molecule has 0 aliphatic heterocycles. The van der Waals surface area contributed by atoms with Crippen LogP contribution in [0.1, 0.15) is 60.3 Å². The number of hydrogen-bond donors (Lipinski definition) is 1. The smallest absolute Gasteiger partial charge is 0.309 e. The van der Waals surface area contributed by atoms with Crippen molar-refractivity contribution in [3.05, 3.63) is 23.8 Å². The van der Waals surface area contributed by atoms with E-state index in [-0.39, 0.29) is 31.3 Å². The van der Waals surface area contributed by atoms with E-state index in [0.29, 0.717) is 0 Å². The van der Waals surface area contributed by atoms with Crippen LogP contribution in [0.3, 0.4) is 0 Å². The second kappa shape index (κ2) is 8.57. The number of ketones is 2. The highest BCUT2D eigenvalue weighted by Gasteiger charge is 2.76. The molecule has 198 valence electrons. The van der Waals surface area contributed by atoms with Gasteiger partial charge >= 0.3 is 11.9 Å². The van der Waals surface area contributed by atoms with Gasteiger partial charge in [-0.2, -0.15) is 0 Å². The number of alkyl halides is 2. The maximum absolute atomic E-state index is 17.3. The molecule has 8 atom stereocenters. The van der Waals surface area contributed by atoms with Crippen LogP contribution in [0.15, 0.2) is 23.8 Å². The molecule has 0 saturated heterocycles. The van der Waals surface area contributed by atoms with Crippen LogP contribution in [0.4, 0.5) is 8.78 Å². The van der Waals surface area contributed by atoms with Crippen molar-refractivity contribution in [3.8, 4) is 0 Å². The topological polar surface area (TPSA) is 107 Å². The molecule has 3 fully saturated rings. The molecule has 0 aromatic carbocycles. The fourth-order valence-electron chi connectivity index (χ4n) is 7.45. The van der Waals surface area contributed by atoms with E-state index >= 15 is 8.78 Å². The number of carbonyl (C=O) groups excluding carboxylic acids is 4. The average Bonchev–Trinajstić information content (AvgIpc) is 3.08. The minimum Gasteiger partial charge on any atom is -0.458 e. The Morgan fingerprint density at radius 3 is 2.50 bits per heavy atom. The number of aliphatic hydroxyl groups excluding tert-OH is 1. The van der Waals surface area contributed by atoms with Gasteiger partial charge in [0.15, 0.2) is 23.7 Å². The van der Waals surface area contributed by atoms with Crippen molar-refractivity contribution in [3.63, 3.8) is 0 Å². The van der Waals surface area contributed by atoms with Crippen molar-refractivity contribution in [2.45, 2.75) is 83.8 Å². The molecular formula is C27H34F2O7. The molecule has 0 radical (unpaired) electrons. The summed E-state index contributed by atoms with van der Waals surface area (Å²) >= 11 is 0. The highest BCUT2D eigenvalue weighted by Crippen LogP contribution is 2.70. The van der Waals surface area contributed by atoms with Gasteiger partial charge in [-0.05, 0) is 56.3 Å². The number of esters is 2. The second-order valence-corrected chi connectivity index (χ2v) is 11.5. The number of halogens is 2. The Morgan fingerprint density at radius 2 is 1.89 bits per heavy atom. The first-order valence-electron chi connectivity index (χ1n) is 12.5. The SMILES string of the molecule is CC(=O)OCC(=O)[C@@]1(OC(=O)C(C)C)CCC2C3C[C@H](F)C4=CC(=O)C=CC4(C)[C@@]3(F)C(O)CC21C. The Labute approximate surface area is 209 Å². The predicted octanol–water partition coefficient (Wildman–Crippen LogP) is 3.38. The van der Waals surface area contributed by atoms with Crippen LogP contribution < -0.4 is 0 Å². The first kappa shape index (κ1) is 26.6. The van der Waals surface area contributed by atoms with Gasteiger partial charge in [0.05, 0.1) is 12.0 Å². The van der Waals surface area contributed by atoms with Crippen molar-refractivity contribution in [1.29, 1.82) is 0 Å². The normalized spacial score (nSPS) is 43.2. The van der Waals surface area contributed by atoms with Gasteiger partial charge < -0.3 is 14.6 Å². The number of fused-ring (bicyclic) bond motifs is 5. The highest BCUT2D eigenvalue weighted by atomic mass is 19.1. The third-order valence-corrected chi connectivity index (χ3v) is 9.35. The molecule has 1 N–H and O–H groups in total. The number of allylic oxidation sites excluding steroid dienone is 4. The number of hydrogen-bond acceptors (Lipinski definition) is 7. The molecule has 0 aromatic heterocycles. The molecule has 4 aliphatic carbocycles. The number of Topliss-reactive ketones (excluding diaryl/α,β-unsaturated/α-hetero) is 1. The molecule has 7 nitrogen and oxygen atoms in total. The fraction of sp³-hybridized carbons (Fsp3) is 0.704. The molecule has 0 heterocycles. The van der Waals surface area contributed by atoms with Crippen LogP contribution >= 0.6 is 0 Å². The lowest BCUT2D eigenvalue weighted by molar-refractivity contribution is -0.230. The maximum Gasteiger partial charge on any atom is 0.309 e. The Balaban J connectivity index is 1.81. The number of ether oxygens (including phenoxy) is 2. The van der Waals surface area contributed by atoms with E-state index in [1.165, 1.54) is 19.1 Å².